The Labute approximate surface area is 151 Å². The Morgan fingerprint density at radius 3 is 2.35 bits per heavy atom. The first kappa shape index (κ1) is 18.9. The summed E-state index contributed by atoms with van der Waals surface area (Å²) in [5, 5.41) is 10.9. The van der Waals surface area contributed by atoms with E-state index in [1.54, 1.807) is 30.3 Å². The minimum Gasteiger partial charge on any atom is -0.452 e. The third kappa shape index (κ3) is 5.02. The second kappa shape index (κ2) is 9.14. The molecule has 0 saturated heterocycles. The van der Waals surface area contributed by atoms with Crippen molar-refractivity contribution in [3.8, 4) is 6.07 Å². The molecule has 0 aliphatic rings. The summed E-state index contributed by atoms with van der Waals surface area (Å²) in [4.78, 5) is 36.5. The van der Waals surface area contributed by atoms with Crippen LogP contribution in [0.5, 0.6) is 0 Å². The minimum absolute atomic E-state index is 0.0999. The number of nitriles is 1. The molecule has 0 radical (unpaired) electrons. The first-order valence-corrected chi connectivity index (χ1v) is 8.04. The van der Waals surface area contributed by atoms with Gasteiger partial charge in [0.1, 0.15) is 0 Å². The van der Waals surface area contributed by atoms with Crippen LogP contribution in [0.1, 0.15) is 38.3 Å². The van der Waals surface area contributed by atoms with Crippen LogP contribution < -0.4 is 5.32 Å². The molecule has 0 fully saturated rings. The Morgan fingerprint density at radius 2 is 1.69 bits per heavy atom. The highest BCUT2D eigenvalue weighted by atomic mass is 16.5. The summed E-state index contributed by atoms with van der Waals surface area (Å²) >= 11 is 0. The standard InChI is InChI=1S/C20H18N2O4/c1-14-7-9-15(10-8-14)19(24)16-5-2-3-6-17(16)20(25)26-13-18(23)22-12-4-11-21/h2-3,5-10H,4,12-13H2,1H3,(H,22,23). The molecule has 1 N–H and O–H groups in total. The fourth-order valence-electron chi connectivity index (χ4n) is 2.24. The zero-order valence-electron chi connectivity index (χ0n) is 14.3. The lowest BCUT2D eigenvalue weighted by Crippen LogP contribution is -2.29. The maximum absolute atomic E-state index is 12.7. The quantitative estimate of drug-likeness (QED) is 0.470. The molecule has 2 rings (SSSR count). The van der Waals surface area contributed by atoms with Crippen LogP contribution in [0.4, 0.5) is 0 Å². The van der Waals surface area contributed by atoms with Gasteiger partial charge in [0.05, 0.1) is 18.1 Å². The van der Waals surface area contributed by atoms with Gasteiger partial charge in [0.15, 0.2) is 12.4 Å². The molecule has 6 heteroatoms. The summed E-state index contributed by atoms with van der Waals surface area (Å²) in [6, 6.07) is 15.2. The van der Waals surface area contributed by atoms with E-state index >= 15 is 0 Å². The van der Waals surface area contributed by atoms with Crippen LogP contribution >= 0.6 is 0 Å². The van der Waals surface area contributed by atoms with Crippen LogP contribution in [-0.2, 0) is 9.53 Å². The van der Waals surface area contributed by atoms with Gasteiger partial charge in [-0.05, 0) is 13.0 Å². The molecule has 0 spiro atoms. The van der Waals surface area contributed by atoms with Gasteiger partial charge in [-0.3, -0.25) is 9.59 Å². The average Bonchev–Trinajstić information content (AvgIpc) is 2.66. The lowest BCUT2D eigenvalue weighted by Gasteiger charge is -2.09. The number of hydrogen-bond acceptors (Lipinski definition) is 5. The van der Waals surface area contributed by atoms with E-state index in [9.17, 15) is 14.4 Å². The van der Waals surface area contributed by atoms with Gasteiger partial charge in [-0.15, -0.1) is 0 Å². The number of ketones is 1. The molecule has 0 heterocycles. The summed E-state index contributed by atoms with van der Waals surface area (Å²) in [5.74, 6) is -1.55. The highest BCUT2D eigenvalue weighted by molar-refractivity contribution is 6.14. The predicted octanol–water partition coefficient (Wildman–Crippen LogP) is 2.41. The molecule has 1 amide bonds. The number of amides is 1. The summed E-state index contributed by atoms with van der Waals surface area (Å²) < 4.78 is 4.98. The number of carbonyl (C=O) groups excluding carboxylic acids is 3. The van der Waals surface area contributed by atoms with Crippen LogP contribution in [0.25, 0.3) is 0 Å². The molecule has 0 aliphatic heterocycles. The molecule has 132 valence electrons. The summed E-state index contributed by atoms with van der Waals surface area (Å²) in [5.41, 5.74) is 1.80. The molecule has 0 saturated carbocycles. The predicted molar refractivity (Wildman–Crippen MR) is 94.6 cm³/mol. The lowest BCUT2D eigenvalue weighted by molar-refractivity contribution is -0.124. The molecule has 2 aromatic carbocycles. The van der Waals surface area contributed by atoms with E-state index in [1.165, 1.54) is 6.07 Å². The van der Waals surface area contributed by atoms with E-state index in [4.69, 9.17) is 10.00 Å². The van der Waals surface area contributed by atoms with Crippen molar-refractivity contribution in [1.29, 1.82) is 5.26 Å². The molecule has 0 unspecified atom stereocenters. The van der Waals surface area contributed by atoms with Crippen LogP contribution in [0.2, 0.25) is 0 Å². The molecule has 26 heavy (non-hydrogen) atoms. The molecule has 0 aromatic heterocycles. The summed E-state index contributed by atoms with van der Waals surface area (Å²) in [6.45, 7) is 1.63. The van der Waals surface area contributed by atoms with Gasteiger partial charge in [0.25, 0.3) is 5.91 Å². The first-order valence-electron chi connectivity index (χ1n) is 8.04. The Kier molecular flexibility index (Phi) is 6.63. The molecular formula is C20H18N2O4. The maximum atomic E-state index is 12.7. The van der Waals surface area contributed by atoms with Crippen LogP contribution in [-0.4, -0.2) is 30.8 Å². The molecule has 6 nitrogen and oxygen atoms in total. The van der Waals surface area contributed by atoms with E-state index in [1.807, 2.05) is 25.1 Å². The zero-order chi connectivity index (χ0) is 18.9. The number of hydrogen-bond donors (Lipinski definition) is 1. The van der Waals surface area contributed by atoms with Crippen molar-refractivity contribution >= 4 is 17.7 Å². The maximum Gasteiger partial charge on any atom is 0.339 e. The number of rotatable bonds is 7. The fourth-order valence-corrected chi connectivity index (χ4v) is 2.24. The Morgan fingerprint density at radius 1 is 1.04 bits per heavy atom. The van der Waals surface area contributed by atoms with Gasteiger partial charge in [-0.25, -0.2) is 4.79 Å². The largest absolute Gasteiger partial charge is 0.452 e. The lowest BCUT2D eigenvalue weighted by atomic mass is 9.98. The topological polar surface area (TPSA) is 96.3 Å². The van der Waals surface area contributed by atoms with Crippen molar-refractivity contribution in [2.45, 2.75) is 13.3 Å². The second-order valence-electron chi connectivity index (χ2n) is 5.57. The number of nitrogens with zero attached hydrogens (tertiary/aromatic N) is 1. The van der Waals surface area contributed by atoms with Crippen LogP contribution in [0.3, 0.4) is 0 Å². The first-order chi connectivity index (χ1) is 12.5. The fraction of sp³-hybridized carbons (Fsp3) is 0.200. The molecule has 0 atom stereocenters. The Bertz CT molecular complexity index is 851. The van der Waals surface area contributed by atoms with Gasteiger partial charge < -0.3 is 10.1 Å². The third-order valence-corrected chi connectivity index (χ3v) is 3.60. The third-order valence-electron chi connectivity index (χ3n) is 3.60. The van der Waals surface area contributed by atoms with Gasteiger partial charge in [0, 0.05) is 17.7 Å². The average molecular weight is 350 g/mol. The Hall–Kier alpha value is -3.46. The number of carbonyl (C=O) groups is 3. The van der Waals surface area contributed by atoms with Gasteiger partial charge in [-0.2, -0.15) is 5.26 Å². The van der Waals surface area contributed by atoms with Gasteiger partial charge >= 0.3 is 5.97 Å². The van der Waals surface area contributed by atoms with E-state index in [0.717, 1.165) is 5.56 Å². The summed E-state index contributed by atoms with van der Waals surface area (Å²) in [7, 11) is 0. The van der Waals surface area contributed by atoms with Gasteiger partial charge in [0.2, 0.25) is 0 Å². The number of esters is 1. The normalized spacial score (nSPS) is 9.85. The second-order valence-corrected chi connectivity index (χ2v) is 5.57. The minimum atomic E-state index is -0.753. The highest BCUT2D eigenvalue weighted by Crippen LogP contribution is 2.16. The monoisotopic (exact) mass is 350 g/mol. The Balaban J connectivity index is 2.09. The molecular weight excluding hydrogens is 332 g/mol. The van der Waals surface area contributed by atoms with Crippen molar-refractivity contribution in [3.05, 3.63) is 70.8 Å². The number of aryl methyl sites for hydroxylation is 1. The van der Waals surface area contributed by atoms with E-state index in [-0.39, 0.29) is 29.9 Å². The molecule has 2 aromatic rings. The number of nitrogens with one attached hydrogen (secondary N) is 1. The van der Waals surface area contributed by atoms with Crippen molar-refractivity contribution in [2.24, 2.45) is 0 Å². The molecule has 0 bridgehead atoms. The van der Waals surface area contributed by atoms with E-state index in [0.29, 0.717) is 5.56 Å². The van der Waals surface area contributed by atoms with E-state index < -0.39 is 18.5 Å². The SMILES string of the molecule is Cc1ccc(C(=O)c2ccccc2C(=O)OCC(=O)NCCC#N)cc1. The number of benzene rings is 2. The zero-order valence-corrected chi connectivity index (χ0v) is 14.3. The van der Waals surface area contributed by atoms with Crippen molar-refractivity contribution in [1.82, 2.24) is 5.32 Å². The van der Waals surface area contributed by atoms with Crippen molar-refractivity contribution in [3.63, 3.8) is 0 Å². The van der Waals surface area contributed by atoms with E-state index in [2.05, 4.69) is 5.32 Å². The van der Waals surface area contributed by atoms with Crippen molar-refractivity contribution in [2.75, 3.05) is 13.2 Å². The van der Waals surface area contributed by atoms with Crippen molar-refractivity contribution < 1.29 is 19.1 Å². The summed E-state index contributed by atoms with van der Waals surface area (Å²) in [6.07, 6.45) is 0.174. The number of ether oxygens (including phenoxy) is 1. The van der Waals surface area contributed by atoms with Crippen LogP contribution in [0.15, 0.2) is 48.5 Å². The molecule has 0 aliphatic carbocycles. The smallest absolute Gasteiger partial charge is 0.339 e. The highest BCUT2D eigenvalue weighted by Gasteiger charge is 2.19. The van der Waals surface area contributed by atoms with Crippen LogP contribution in [0, 0.1) is 18.3 Å². The van der Waals surface area contributed by atoms with Gasteiger partial charge in [-0.1, -0.05) is 48.0 Å².